The van der Waals surface area contributed by atoms with E-state index < -0.39 is 0 Å². The summed E-state index contributed by atoms with van der Waals surface area (Å²) in [5.74, 6) is 0.808. The van der Waals surface area contributed by atoms with E-state index in [0.717, 1.165) is 61.5 Å². The van der Waals surface area contributed by atoms with Gasteiger partial charge in [-0.05, 0) is 50.3 Å². The van der Waals surface area contributed by atoms with Crippen molar-refractivity contribution in [3.8, 4) is 11.3 Å². The predicted molar refractivity (Wildman–Crippen MR) is 107 cm³/mol. The molecule has 5 heteroatoms. The molecule has 1 amide bonds. The molecule has 2 heterocycles. The Kier molecular flexibility index (Phi) is 6.56. The van der Waals surface area contributed by atoms with Crippen LogP contribution in [0.5, 0.6) is 0 Å². The van der Waals surface area contributed by atoms with Gasteiger partial charge in [-0.15, -0.1) is 0 Å². The Labute approximate surface area is 161 Å². The van der Waals surface area contributed by atoms with Gasteiger partial charge in [0.2, 0.25) is 0 Å². The van der Waals surface area contributed by atoms with E-state index in [2.05, 4.69) is 23.8 Å². The molecule has 1 aromatic heterocycles. The first kappa shape index (κ1) is 19.5. The summed E-state index contributed by atoms with van der Waals surface area (Å²) in [5.41, 5.74) is 3.69. The van der Waals surface area contributed by atoms with Crippen molar-refractivity contribution in [2.24, 2.45) is 0 Å². The third-order valence-electron chi connectivity index (χ3n) is 4.98. The third kappa shape index (κ3) is 4.72. The molecular weight excluding hydrogens is 338 g/mol. The second-order valence-electron chi connectivity index (χ2n) is 7.11. The quantitative estimate of drug-likeness (QED) is 0.741. The van der Waals surface area contributed by atoms with Crippen molar-refractivity contribution < 1.29 is 9.53 Å². The Morgan fingerprint density at radius 3 is 2.89 bits per heavy atom. The minimum atomic E-state index is 0.0676. The highest BCUT2D eigenvalue weighted by molar-refractivity contribution is 5.95. The van der Waals surface area contributed by atoms with Crippen molar-refractivity contribution in [3.63, 3.8) is 0 Å². The lowest BCUT2D eigenvalue weighted by Gasteiger charge is -2.25. The fourth-order valence-electron chi connectivity index (χ4n) is 3.57. The summed E-state index contributed by atoms with van der Waals surface area (Å²) >= 11 is 0. The van der Waals surface area contributed by atoms with Gasteiger partial charge in [-0.3, -0.25) is 4.79 Å². The van der Waals surface area contributed by atoms with Crippen molar-refractivity contribution in [2.75, 3.05) is 19.7 Å². The maximum absolute atomic E-state index is 13.2. The minimum absolute atomic E-state index is 0.0676. The molecule has 0 spiro atoms. The van der Waals surface area contributed by atoms with Gasteiger partial charge in [0.25, 0.3) is 5.91 Å². The normalized spacial score (nSPS) is 16.5. The molecule has 5 nitrogen and oxygen atoms in total. The third-order valence-corrected chi connectivity index (χ3v) is 4.98. The van der Waals surface area contributed by atoms with E-state index in [0.29, 0.717) is 12.1 Å². The molecule has 0 bridgehead atoms. The fraction of sp³-hybridized carbons (Fsp3) is 0.500. The molecule has 1 aliphatic rings. The van der Waals surface area contributed by atoms with E-state index in [1.54, 1.807) is 0 Å². The first-order valence-corrected chi connectivity index (χ1v) is 9.96. The van der Waals surface area contributed by atoms with Gasteiger partial charge in [0.1, 0.15) is 5.82 Å². The van der Waals surface area contributed by atoms with Gasteiger partial charge < -0.3 is 9.64 Å². The van der Waals surface area contributed by atoms with Gasteiger partial charge in [-0.25, -0.2) is 9.97 Å². The van der Waals surface area contributed by atoms with Crippen molar-refractivity contribution >= 4 is 5.91 Å². The Morgan fingerprint density at radius 2 is 2.19 bits per heavy atom. The van der Waals surface area contributed by atoms with Crippen LogP contribution in [0.1, 0.15) is 54.9 Å². The molecule has 144 valence electrons. The number of benzene rings is 1. The number of nitrogens with zero attached hydrogens (tertiary/aromatic N) is 3. The van der Waals surface area contributed by atoms with Gasteiger partial charge >= 0.3 is 0 Å². The van der Waals surface area contributed by atoms with Crippen molar-refractivity contribution in [3.05, 3.63) is 47.4 Å². The van der Waals surface area contributed by atoms with Crippen LogP contribution in [-0.2, 0) is 11.2 Å². The van der Waals surface area contributed by atoms with Crippen LogP contribution >= 0.6 is 0 Å². The molecule has 0 saturated carbocycles. The molecule has 1 fully saturated rings. The summed E-state index contributed by atoms with van der Waals surface area (Å²) < 4.78 is 5.74. The first-order valence-electron chi connectivity index (χ1n) is 9.96. The highest BCUT2D eigenvalue weighted by atomic mass is 16.5. The number of hydrogen-bond acceptors (Lipinski definition) is 4. The van der Waals surface area contributed by atoms with Crippen LogP contribution in [0, 0.1) is 6.92 Å². The van der Waals surface area contributed by atoms with Crippen LogP contribution < -0.4 is 0 Å². The molecule has 1 aromatic carbocycles. The first-order chi connectivity index (χ1) is 13.1. The van der Waals surface area contributed by atoms with Gasteiger partial charge in [-0.2, -0.15) is 0 Å². The van der Waals surface area contributed by atoms with E-state index in [9.17, 15) is 4.79 Å². The second-order valence-corrected chi connectivity index (χ2v) is 7.11. The van der Waals surface area contributed by atoms with E-state index in [-0.39, 0.29) is 12.0 Å². The molecule has 0 radical (unpaired) electrons. The van der Waals surface area contributed by atoms with Crippen molar-refractivity contribution in [2.45, 2.75) is 52.6 Å². The van der Waals surface area contributed by atoms with Gasteiger partial charge in [0, 0.05) is 37.0 Å². The van der Waals surface area contributed by atoms with Crippen LogP contribution in [-0.4, -0.2) is 46.6 Å². The summed E-state index contributed by atoms with van der Waals surface area (Å²) in [4.78, 5) is 24.0. The molecule has 1 unspecified atom stereocenters. The van der Waals surface area contributed by atoms with Crippen LogP contribution in [0.25, 0.3) is 11.3 Å². The Hall–Kier alpha value is -2.27. The molecular formula is C22H29N3O2. The maximum atomic E-state index is 13.2. The number of rotatable bonds is 7. The molecule has 27 heavy (non-hydrogen) atoms. The molecule has 1 saturated heterocycles. The highest BCUT2D eigenvalue weighted by Gasteiger charge is 2.23. The summed E-state index contributed by atoms with van der Waals surface area (Å²) in [6.07, 6.45) is 5.96. The average molecular weight is 367 g/mol. The summed E-state index contributed by atoms with van der Waals surface area (Å²) in [5, 5.41) is 0. The number of carbonyl (C=O) groups is 1. The SMILES string of the molecule is CCCN(CC1CCCO1)C(=O)c1cccc(-c2nc(C)ncc2CC)c1. The number of amides is 1. The molecule has 0 aliphatic carbocycles. The highest BCUT2D eigenvalue weighted by Crippen LogP contribution is 2.24. The number of ether oxygens (including phenoxy) is 1. The van der Waals surface area contributed by atoms with Crippen LogP contribution in [0.2, 0.25) is 0 Å². The number of hydrogen-bond donors (Lipinski definition) is 0. The average Bonchev–Trinajstić information content (AvgIpc) is 3.20. The lowest BCUT2D eigenvalue weighted by molar-refractivity contribution is 0.0526. The van der Waals surface area contributed by atoms with Crippen LogP contribution in [0.3, 0.4) is 0 Å². The van der Waals surface area contributed by atoms with E-state index >= 15 is 0 Å². The standard InChI is InChI=1S/C22H29N3O2/c1-4-11-25(15-20-10-7-12-27-20)22(26)19-9-6-8-18(13-19)21-17(5-2)14-23-16(3)24-21/h6,8-9,13-14,20H,4-5,7,10-12,15H2,1-3H3. The summed E-state index contributed by atoms with van der Waals surface area (Å²) in [7, 11) is 0. The largest absolute Gasteiger partial charge is 0.376 e. The molecule has 3 rings (SSSR count). The van der Waals surface area contributed by atoms with Crippen LogP contribution in [0.15, 0.2) is 30.5 Å². The monoisotopic (exact) mass is 367 g/mol. The van der Waals surface area contributed by atoms with Gasteiger partial charge in [0.15, 0.2) is 0 Å². The summed E-state index contributed by atoms with van der Waals surface area (Å²) in [6.45, 7) is 8.31. The zero-order chi connectivity index (χ0) is 19.2. The van der Waals surface area contributed by atoms with Crippen LogP contribution in [0.4, 0.5) is 0 Å². The lowest BCUT2D eigenvalue weighted by atomic mass is 10.0. The molecule has 0 N–H and O–H groups in total. The zero-order valence-electron chi connectivity index (χ0n) is 16.6. The zero-order valence-corrected chi connectivity index (χ0v) is 16.6. The van der Waals surface area contributed by atoms with E-state index in [4.69, 9.17) is 4.74 Å². The van der Waals surface area contributed by atoms with E-state index in [1.807, 2.05) is 42.3 Å². The predicted octanol–water partition coefficient (Wildman–Crippen LogP) is 4.05. The Balaban J connectivity index is 1.87. The Morgan fingerprint density at radius 1 is 1.33 bits per heavy atom. The number of aromatic nitrogens is 2. The summed E-state index contributed by atoms with van der Waals surface area (Å²) in [6, 6.07) is 7.81. The second kappa shape index (κ2) is 9.09. The van der Waals surface area contributed by atoms with Crippen molar-refractivity contribution in [1.29, 1.82) is 0 Å². The van der Waals surface area contributed by atoms with Gasteiger partial charge in [0.05, 0.1) is 11.8 Å². The maximum Gasteiger partial charge on any atom is 0.253 e. The van der Waals surface area contributed by atoms with Gasteiger partial charge in [-0.1, -0.05) is 26.0 Å². The molecule has 1 aliphatic heterocycles. The lowest BCUT2D eigenvalue weighted by Crippen LogP contribution is -2.37. The minimum Gasteiger partial charge on any atom is -0.376 e. The Bertz CT molecular complexity index is 785. The number of carbonyl (C=O) groups excluding carboxylic acids is 1. The van der Waals surface area contributed by atoms with E-state index in [1.165, 1.54) is 0 Å². The number of aryl methyl sites for hydroxylation is 2. The van der Waals surface area contributed by atoms with Crippen molar-refractivity contribution in [1.82, 2.24) is 14.9 Å². The molecule has 1 atom stereocenters. The topological polar surface area (TPSA) is 55.3 Å². The molecule has 2 aromatic rings. The smallest absolute Gasteiger partial charge is 0.253 e. The fourth-order valence-corrected chi connectivity index (χ4v) is 3.57.